The summed E-state index contributed by atoms with van der Waals surface area (Å²) < 4.78 is 18.7. The molecule has 1 atom stereocenters. The molecule has 0 aliphatic carbocycles. The second-order valence-corrected chi connectivity index (χ2v) is 4.82. The third kappa shape index (κ3) is 3.43. The van der Waals surface area contributed by atoms with Gasteiger partial charge in [-0.3, -0.25) is 4.79 Å². The van der Waals surface area contributed by atoms with Crippen LogP contribution in [-0.4, -0.2) is 37.0 Å². The van der Waals surface area contributed by atoms with Crippen molar-refractivity contribution in [3.05, 3.63) is 34.6 Å². The quantitative estimate of drug-likeness (QED) is 0.921. The van der Waals surface area contributed by atoms with Crippen LogP contribution in [0.15, 0.2) is 18.2 Å². The molecule has 2 rings (SSSR count). The number of halogens is 2. The van der Waals surface area contributed by atoms with Crippen LogP contribution in [0.5, 0.6) is 0 Å². The minimum Gasteiger partial charge on any atom is -0.370 e. The Morgan fingerprint density at radius 3 is 3.05 bits per heavy atom. The predicted octanol–water partition coefficient (Wildman–Crippen LogP) is 1.73. The average molecular weight is 287 g/mol. The van der Waals surface area contributed by atoms with Crippen LogP contribution in [0.25, 0.3) is 0 Å². The van der Waals surface area contributed by atoms with Crippen molar-refractivity contribution < 1.29 is 13.9 Å². The Morgan fingerprint density at radius 1 is 1.58 bits per heavy atom. The van der Waals surface area contributed by atoms with Gasteiger partial charge in [0.25, 0.3) is 0 Å². The number of nitrogens with two attached hydrogens (primary N) is 1. The molecule has 1 heterocycles. The van der Waals surface area contributed by atoms with E-state index in [1.807, 2.05) is 0 Å². The van der Waals surface area contributed by atoms with Gasteiger partial charge >= 0.3 is 0 Å². The molecule has 1 aromatic rings. The van der Waals surface area contributed by atoms with Crippen LogP contribution in [0.2, 0.25) is 5.02 Å². The second-order valence-electron chi connectivity index (χ2n) is 4.41. The van der Waals surface area contributed by atoms with Crippen molar-refractivity contribution >= 4 is 17.5 Å². The molecule has 1 aliphatic rings. The fourth-order valence-corrected chi connectivity index (χ4v) is 2.26. The van der Waals surface area contributed by atoms with Crippen molar-refractivity contribution in [1.82, 2.24) is 4.90 Å². The van der Waals surface area contributed by atoms with Crippen molar-refractivity contribution in [3.63, 3.8) is 0 Å². The van der Waals surface area contributed by atoms with Crippen LogP contribution in [0, 0.1) is 5.82 Å². The van der Waals surface area contributed by atoms with E-state index in [2.05, 4.69) is 0 Å². The number of nitrogens with zero attached hydrogens (tertiary/aromatic N) is 1. The first kappa shape index (κ1) is 14.2. The first-order valence-corrected chi connectivity index (χ1v) is 6.54. The molecule has 0 aromatic heterocycles. The first-order chi connectivity index (χ1) is 9.11. The number of carbonyl (C=O) groups is 1. The Hall–Kier alpha value is -1.17. The normalized spacial score (nSPS) is 19.5. The van der Waals surface area contributed by atoms with Gasteiger partial charge in [0.2, 0.25) is 5.91 Å². The van der Waals surface area contributed by atoms with E-state index in [1.165, 1.54) is 6.07 Å². The maximum absolute atomic E-state index is 13.1. The van der Waals surface area contributed by atoms with Gasteiger partial charge in [-0.1, -0.05) is 17.7 Å². The van der Waals surface area contributed by atoms with Gasteiger partial charge in [0.05, 0.1) is 18.2 Å². The van der Waals surface area contributed by atoms with E-state index in [-0.39, 0.29) is 17.0 Å². The SMILES string of the molecule is NCCC(=O)N1CCOC(c2ccc(F)c(Cl)c2)C1. The molecule has 0 radical (unpaired) electrons. The monoisotopic (exact) mass is 286 g/mol. The van der Waals surface area contributed by atoms with Crippen LogP contribution < -0.4 is 5.73 Å². The summed E-state index contributed by atoms with van der Waals surface area (Å²) in [7, 11) is 0. The first-order valence-electron chi connectivity index (χ1n) is 6.16. The Bertz CT molecular complexity index is 470. The molecule has 1 amide bonds. The predicted molar refractivity (Wildman–Crippen MR) is 70.4 cm³/mol. The average Bonchev–Trinajstić information content (AvgIpc) is 2.42. The zero-order valence-electron chi connectivity index (χ0n) is 10.4. The van der Waals surface area contributed by atoms with Gasteiger partial charge in [-0.15, -0.1) is 0 Å². The van der Waals surface area contributed by atoms with Crippen LogP contribution in [0.4, 0.5) is 4.39 Å². The Balaban J connectivity index is 2.08. The summed E-state index contributed by atoms with van der Waals surface area (Å²) in [6.07, 6.45) is 0.0604. The topological polar surface area (TPSA) is 55.6 Å². The highest BCUT2D eigenvalue weighted by Crippen LogP contribution is 2.26. The number of morpholine rings is 1. The van der Waals surface area contributed by atoms with Crippen LogP contribution in [0.3, 0.4) is 0 Å². The number of hydrogen-bond donors (Lipinski definition) is 1. The van der Waals surface area contributed by atoms with Gasteiger partial charge in [0.1, 0.15) is 11.9 Å². The van der Waals surface area contributed by atoms with Crippen molar-refractivity contribution in [2.45, 2.75) is 12.5 Å². The van der Waals surface area contributed by atoms with Gasteiger partial charge in [0.15, 0.2) is 0 Å². The number of hydrogen-bond acceptors (Lipinski definition) is 3. The van der Waals surface area contributed by atoms with Crippen LogP contribution >= 0.6 is 11.6 Å². The summed E-state index contributed by atoms with van der Waals surface area (Å²) >= 11 is 5.75. The number of amides is 1. The fraction of sp³-hybridized carbons (Fsp3) is 0.462. The van der Waals surface area contributed by atoms with E-state index in [1.54, 1.807) is 17.0 Å². The highest BCUT2D eigenvalue weighted by molar-refractivity contribution is 6.30. The molecule has 0 spiro atoms. The van der Waals surface area contributed by atoms with E-state index in [9.17, 15) is 9.18 Å². The van der Waals surface area contributed by atoms with E-state index in [4.69, 9.17) is 22.1 Å². The molecule has 1 unspecified atom stereocenters. The molecule has 1 aromatic carbocycles. The van der Waals surface area contributed by atoms with Crippen molar-refractivity contribution in [2.24, 2.45) is 5.73 Å². The summed E-state index contributed by atoms with van der Waals surface area (Å²) in [5, 5.41) is 0.0616. The summed E-state index contributed by atoms with van der Waals surface area (Å²) in [4.78, 5) is 13.5. The van der Waals surface area contributed by atoms with Gasteiger partial charge in [-0.05, 0) is 17.7 Å². The van der Waals surface area contributed by atoms with E-state index < -0.39 is 5.82 Å². The zero-order chi connectivity index (χ0) is 13.8. The fourth-order valence-electron chi connectivity index (χ4n) is 2.07. The highest BCUT2D eigenvalue weighted by atomic mass is 35.5. The lowest BCUT2D eigenvalue weighted by Gasteiger charge is -2.33. The Kier molecular flexibility index (Phi) is 4.74. The minimum atomic E-state index is -0.461. The smallest absolute Gasteiger partial charge is 0.224 e. The van der Waals surface area contributed by atoms with Gasteiger partial charge in [-0.2, -0.15) is 0 Å². The Labute approximate surface area is 116 Å². The van der Waals surface area contributed by atoms with Crippen LogP contribution in [0.1, 0.15) is 18.1 Å². The lowest BCUT2D eigenvalue weighted by atomic mass is 10.1. The molecule has 104 valence electrons. The molecular formula is C13H16ClFN2O2. The number of benzene rings is 1. The Morgan fingerprint density at radius 2 is 2.37 bits per heavy atom. The number of rotatable bonds is 3. The zero-order valence-corrected chi connectivity index (χ0v) is 11.2. The molecule has 6 heteroatoms. The summed E-state index contributed by atoms with van der Waals surface area (Å²) in [5.41, 5.74) is 6.16. The highest BCUT2D eigenvalue weighted by Gasteiger charge is 2.25. The van der Waals surface area contributed by atoms with E-state index in [0.717, 1.165) is 5.56 Å². The van der Waals surface area contributed by atoms with E-state index >= 15 is 0 Å². The van der Waals surface area contributed by atoms with Gasteiger partial charge in [-0.25, -0.2) is 4.39 Å². The summed E-state index contributed by atoms with van der Waals surface area (Å²) in [6, 6.07) is 4.48. The summed E-state index contributed by atoms with van der Waals surface area (Å²) in [6.45, 7) is 1.80. The van der Waals surface area contributed by atoms with Crippen LogP contribution in [-0.2, 0) is 9.53 Å². The largest absolute Gasteiger partial charge is 0.370 e. The van der Waals surface area contributed by atoms with Gasteiger partial charge < -0.3 is 15.4 Å². The standard InChI is InChI=1S/C13H16ClFN2O2/c14-10-7-9(1-2-11(10)15)12-8-17(5-6-19-12)13(18)3-4-16/h1-2,7,12H,3-6,8,16H2. The molecule has 19 heavy (non-hydrogen) atoms. The second kappa shape index (κ2) is 6.32. The molecule has 4 nitrogen and oxygen atoms in total. The molecule has 0 bridgehead atoms. The lowest BCUT2D eigenvalue weighted by Crippen LogP contribution is -2.42. The number of ether oxygens (including phenoxy) is 1. The molecule has 1 aliphatic heterocycles. The third-order valence-corrected chi connectivity index (χ3v) is 3.38. The number of carbonyl (C=O) groups excluding carboxylic acids is 1. The molecule has 2 N–H and O–H groups in total. The molecule has 1 saturated heterocycles. The molecule has 1 fully saturated rings. The molecule has 0 saturated carbocycles. The minimum absolute atomic E-state index is 0.0176. The van der Waals surface area contributed by atoms with Crippen molar-refractivity contribution in [3.8, 4) is 0 Å². The van der Waals surface area contributed by atoms with Crippen molar-refractivity contribution in [1.29, 1.82) is 0 Å². The maximum Gasteiger partial charge on any atom is 0.224 e. The third-order valence-electron chi connectivity index (χ3n) is 3.09. The molecular weight excluding hydrogens is 271 g/mol. The maximum atomic E-state index is 13.1. The summed E-state index contributed by atoms with van der Waals surface area (Å²) in [5.74, 6) is -0.443. The van der Waals surface area contributed by atoms with Crippen molar-refractivity contribution in [2.75, 3.05) is 26.2 Å². The van der Waals surface area contributed by atoms with E-state index in [0.29, 0.717) is 32.7 Å². The lowest BCUT2D eigenvalue weighted by molar-refractivity contribution is -0.138. The van der Waals surface area contributed by atoms with Gasteiger partial charge in [0, 0.05) is 19.5 Å².